The number of amides is 1. The van der Waals surface area contributed by atoms with Gasteiger partial charge in [-0.15, -0.1) is 0 Å². The third-order valence-electron chi connectivity index (χ3n) is 3.28. The lowest BCUT2D eigenvalue weighted by Crippen LogP contribution is -2.41. The third kappa shape index (κ3) is 2.68. The summed E-state index contributed by atoms with van der Waals surface area (Å²) < 4.78 is 4.96. The molecule has 6 heteroatoms. The Balaban J connectivity index is 2.21. The van der Waals surface area contributed by atoms with Crippen molar-refractivity contribution in [2.45, 2.75) is 25.8 Å². The van der Waals surface area contributed by atoms with E-state index in [2.05, 4.69) is 0 Å². The molecule has 108 valence electrons. The molecule has 1 fully saturated rings. The van der Waals surface area contributed by atoms with Crippen molar-refractivity contribution < 1.29 is 24.5 Å². The minimum atomic E-state index is -0.601. The summed E-state index contributed by atoms with van der Waals surface area (Å²) in [6, 6.07) is 3.16. The number of carbonyl (C=O) groups is 2. The van der Waals surface area contributed by atoms with Crippen LogP contribution in [0.1, 0.15) is 30.1 Å². The molecule has 0 aromatic heterocycles. The average molecular weight is 279 g/mol. The molecule has 1 saturated heterocycles. The van der Waals surface area contributed by atoms with Gasteiger partial charge in [-0.2, -0.15) is 0 Å². The Labute approximate surface area is 116 Å². The first-order valence-corrected chi connectivity index (χ1v) is 6.54. The van der Waals surface area contributed by atoms with E-state index in [1.165, 1.54) is 17.0 Å². The number of nitrogens with zero attached hydrogens (tertiary/aromatic N) is 1. The number of esters is 1. The molecule has 2 N–H and O–H groups in total. The number of hydrogen-bond donors (Lipinski definition) is 2. The minimum Gasteiger partial charge on any atom is -0.508 e. The topological polar surface area (TPSA) is 87.1 Å². The van der Waals surface area contributed by atoms with Gasteiger partial charge in [0.15, 0.2) is 0 Å². The molecule has 1 aliphatic heterocycles. The number of carbonyl (C=O) groups excluding carboxylic acids is 2. The van der Waals surface area contributed by atoms with E-state index in [-0.39, 0.29) is 23.7 Å². The molecule has 0 spiro atoms. The zero-order valence-corrected chi connectivity index (χ0v) is 11.2. The normalized spacial score (nSPS) is 18.1. The molecule has 1 amide bonds. The van der Waals surface area contributed by atoms with E-state index in [9.17, 15) is 19.8 Å². The summed E-state index contributed by atoms with van der Waals surface area (Å²) in [6.45, 7) is 2.43. The minimum absolute atomic E-state index is 0.0685. The highest BCUT2D eigenvalue weighted by Crippen LogP contribution is 2.27. The number of rotatable bonds is 3. The maximum Gasteiger partial charge on any atom is 0.328 e. The number of ether oxygens (including phenoxy) is 1. The fourth-order valence-electron chi connectivity index (χ4n) is 2.35. The predicted molar refractivity (Wildman–Crippen MR) is 70.5 cm³/mol. The average Bonchev–Trinajstić information content (AvgIpc) is 2.87. The molecule has 1 aromatic carbocycles. The van der Waals surface area contributed by atoms with Gasteiger partial charge in [0.2, 0.25) is 0 Å². The first-order valence-electron chi connectivity index (χ1n) is 6.54. The zero-order chi connectivity index (χ0) is 14.7. The SMILES string of the molecule is CCOC(=O)C1CCCN1C(=O)c1ccc(O)cc1O. The Hall–Kier alpha value is -2.24. The van der Waals surface area contributed by atoms with Crippen LogP contribution in [0, 0.1) is 0 Å². The van der Waals surface area contributed by atoms with E-state index in [1.807, 2.05) is 0 Å². The van der Waals surface area contributed by atoms with Crippen molar-refractivity contribution in [1.82, 2.24) is 4.90 Å². The Morgan fingerprint density at radius 2 is 2.15 bits per heavy atom. The molecule has 6 nitrogen and oxygen atoms in total. The molecular formula is C14H17NO5. The van der Waals surface area contributed by atoms with Crippen molar-refractivity contribution >= 4 is 11.9 Å². The Bertz CT molecular complexity index is 528. The van der Waals surface area contributed by atoms with Gasteiger partial charge in [0, 0.05) is 12.6 Å². The van der Waals surface area contributed by atoms with Gasteiger partial charge >= 0.3 is 5.97 Å². The van der Waals surface area contributed by atoms with Crippen molar-refractivity contribution in [2.75, 3.05) is 13.2 Å². The highest BCUT2D eigenvalue weighted by molar-refractivity contribution is 5.99. The van der Waals surface area contributed by atoms with Crippen LogP contribution in [0.5, 0.6) is 11.5 Å². The number of aromatic hydroxyl groups is 2. The summed E-state index contributed by atoms with van der Waals surface area (Å²) in [6.07, 6.45) is 1.28. The fourth-order valence-corrected chi connectivity index (χ4v) is 2.35. The lowest BCUT2D eigenvalue weighted by atomic mass is 10.1. The summed E-state index contributed by atoms with van der Waals surface area (Å²) >= 11 is 0. The van der Waals surface area contributed by atoms with Crippen molar-refractivity contribution in [1.29, 1.82) is 0 Å². The smallest absolute Gasteiger partial charge is 0.328 e. The molecule has 2 rings (SSSR count). The Morgan fingerprint density at radius 3 is 2.80 bits per heavy atom. The molecule has 20 heavy (non-hydrogen) atoms. The highest BCUT2D eigenvalue weighted by Gasteiger charge is 2.36. The molecule has 1 aromatic rings. The van der Waals surface area contributed by atoms with E-state index in [0.29, 0.717) is 19.4 Å². The first kappa shape index (κ1) is 14.2. The second-order valence-electron chi connectivity index (χ2n) is 4.61. The van der Waals surface area contributed by atoms with Gasteiger partial charge in [0.25, 0.3) is 5.91 Å². The number of benzene rings is 1. The predicted octanol–water partition coefficient (Wildman–Crippen LogP) is 1.27. The summed E-state index contributed by atoms with van der Waals surface area (Å²) in [5.74, 6) is -1.28. The number of hydrogen-bond acceptors (Lipinski definition) is 5. The molecule has 0 saturated carbocycles. The molecular weight excluding hydrogens is 262 g/mol. The van der Waals surface area contributed by atoms with Crippen LogP contribution in [-0.2, 0) is 9.53 Å². The third-order valence-corrected chi connectivity index (χ3v) is 3.28. The van der Waals surface area contributed by atoms with Crippen molar-refractivity contribution in [2.24, 2.45) is 0 Å². The van der Waals surface area contributed by atoms with Crippen LogP contribution in [0.15, 0.2) is 18.2 Å². The van der Waals surface area contributed by atoms with E-state index in [4.69, 9.17) is 4.74 Å². The summed E-state index contributed by atoms with van der Waals surface area (Å²) in [5, 5.41) is 19.0. The largest absolute Gasteiger partial charge is 0.508 e. The summed E-state index contributed by atoms with van der Waals surface area (Å²) in [7, 11) is 0. The van der Waals surface area contributed by atoms with Crippen LogP contribution in [0.2, 0.25) is 0 Å². The van der Waals surface area contributed by atoms with E-state index >= 15 is 0 Å². The van der Waals surface area contributed by atoms with E-state index in [0.717, 1.165) is 6.07 Å². The zero-order valence-electron chi connectivity index (χ0n) is 11.2. The summed E-state index contributed by atoms with van der Waals surface area (Å²) in [4.78, 5) is 25.6. The van der Waals surface area contributed by atoms with Gasteiger partial charge in [-0.05, 0) is 31.9 Å². The van der Waals surface area contributed by atoms with Gasteiger partial charge in [0.1, 0.15) is 17.5 Å². The van der Waals surface area contributed by atoms with E-state index < -0.39 is 17.9 Å². The molecule has 1 unspecified atom stereocenters. The maximum atomic E-state index is 12.4. The lowest BCUT2D eigenvalue weighted by Gasteiger charge is -2.23. The number of likely N-dealkylation sites (tertiary alicyclic amines) is 1. The summed E-state index contributed by atoms with van der Waals surface area (Å²) in [5.41, 5.74) is 0.0685. The van der Waals surface area contributed by atoms with Crippen LogP contribution >= 0.6 is 0 Å². The quantitative estimate of drug-likeness (QED) is 0.813. The second-order valence-corrected chi connectivity index (χ2v) is 4.61. The highest BCUT2D eigenvalue weighted by atomic mass is 16.5. The van der Waals surface area contributed by atoms with Crippen LogP contribution < -0.4 is 0 Å². The van der Waals surface area contributed by atoms with Gasteiger partial charge in [-0.1, -0.05) is 0 Å². The van der Waals surface area contributed by atoms with Crippen molar-refractivity contribution in [3.05, 3.63) is 23.8 Å². The molecule has 1 atom stereocenters. The Morgan fingerprint density at radius 1 is 1.40 bits per heavy atom. The van der Waals surface area contributed by atoms with Crippen molar-refractivity contribution in [3.8, 4) is 11.5 Å². The van der Waals surface area contributed by atoms with Crippen LogP contribution in [0.25, 0.3) is 0 Å². The lowest BCUT2D eigenvalue weighted by molar-refractivity contribution is -0.147. The number of phenols is 2. The monoisotopic (exact) mass is 279 g/mol. The second kappa shape index (κ2) is 5.81. The standard InChI is InChI=1S/C14H17NO5/c1-2-20-14(19)11-4-3-7-15(11)13(18)10-6-5-9(16)8-12(10)17/h5-6,8,11,16-17H,2-4,7H2,1H3. The molecule has 0 radical (unpaired) electrons. The fraction of sp³-hybridized carbons (Fsp3) is 0.429. The maximum absolute atomic E-state index is 12.4. The van der Waals surface area contributed by atoms with Gasteiger partial charge in [-0.3, -0.25) is 4.79 Å². The van der Waals surface area contributed by atoms with E-state index in [1.54, 1.807) is 6.92 Å². The van der Waals surface area contributed by atoms with Crippen LogP contribution in [0.3, 0.4) is 0 Å². The van der Waals surface area contributed by atoms with Crippen molar-refractivity contribution in [3.63, 3.8) is 0 Å². The van der Waals surface area contributed by atoms with Crippen LogP contribution in [-0.4, -0.2) is 46.2 Å². The molecule has 1 aliphatic rings. The first-order chi connectivity index (χ1) is 9.54. The van der Waals surface area contributed by atoms with Gasteiger partial charge in [-0.25, -0.2) is 4.79 Å². The van der Waals surface area contributed by atoms with Gasteiger partial charge in [0.05, 0.1) is 12.2 Å². The molecule has 0 bridgehead atoms. The van der Waals surface area contributed by atoms with Gasteiger partial charge < -0.3 is 19.8 Å². The van der Waals surface area contributed by atoms with Crippen LogP contribution in [0.4, 0.5) is 0 Å². The molecule has 1 heterocycles. The molecule has 0 aliphatic carbocycles. The number of phenolic OH excluding ortho intramolecular Hbond substituents is 2. The Kier molecular flexibility index (Phi) is 4.12.